The second-order valence-corrected chi connectivity index (χ2v) is 11.7. The number of unbranched alkanes of at least 4 members (excludes halogenated alkanes) is 3. The normalized spacial score (nSPS) is 13.9. The van der Waals surface area contributed by atoms with Crippen LogP contribution in [0.2, 0.25) is 0 Å². The minimum Gasteiger partial charge on any atom is -0.380 e. The Hall–Kier alpha value is -4.40. The van der Waals surface area contributed by atoms with Crippen molar-refractivity contribution in [3.8, 4) is 0 Å². The zero-order valence-electron chi connectivity index (χ0n) is 27.0. The molecule has 0 aliphatic carbocycles. The number of benzene rings is 4. The summed E-state index contributed by atoms with van der Waals surface area (Å²) in [5.41, 5.74) is 3.01. The van der Waals surface area contributed by atoms with Crippen molar-refractivity contribution in [1.82, 2.24) is 9.80 Å². The lowest BCUT2D eigenvalue weighted by molar-refractivity contribution is 0.0437. The summed E-state index contributed by atoms with van der Waals surface area (Å²) < 4.78 is 11.3. The van der Waals surface area contributed by atoms with E-state index in [1.165, 1.54) is 35.5 Å². The number of hydrogen-bond donors (Lipinski definition) is 0. The van der Waals surface area contributed by atoms with Gasteiger partial charge in [0.2, 0.25) is 0 Å². The van der Waals surface area contributed by atoms with Crippen molar-refractivity contribution in [2.24, 2.45) is 0 Å². The van der Waals surface area contributed by atoms with Crippen molar-refractivity contribution in [2.75, 3.05) is 39.5 Å². The Morgan fingerprint density at radius 2 is 0.978 bits per heavy atom. The number of hydrogen-bond acceptors (Lipinski definition) is 6. The lowest BCUT2D eigenvalue weighted by atomic mass is 9.91. The number of ether oxygens (including phenoxy) is 2. The molecule has 4 aromatic carbocycles. The average Bonchev–Trinajstić information content (AvgIpc) is 3.07. The fraction of sp³-hybridized carbons (Fsp3) is 0.368. The smallest absolute Gasteiger partial charge is 0.261 e. The number of nitrogens with zero attached hydrogens (tertiary/aromatic N) is 2. The zero-order chi connectivity index (χ0) is 32.6. The zero-order valence-corrected chi connectivity index (χ0v) is 27.0. The van der Waals surface area contributed by atoms with Gasteiger partial charge in [-0.2, -0.15) is 0 Å². The van der Waals surface area contributed by atoms with Crippen molar-refractivity contribution in [3.05, 3.63) is 94.5 Å². The fourth-order valence-electron chi connectivity index (χ4n) is 6.08. The molecular weight excluding hydrogens is 580 g/mol. The molecule has 0 saturated heterocycles. The van der Waals surface area contributed by atoms with Gasteiger partial charge in [-0.1, -0.05) is 88.1 Å². The van der Waals surface area contributed by atoms with Gasteiger partial charge in [0.05, 0.1) is 31.9 Å². The number of amides is 4. The minimum atomic E-state index is -0.308. The van der Waals surface area contributed by atoms with E-state index < -0.39 is 0 Å². The summed E-state index contributed by atoms with van der Waals surface area (Å²) in [6.45, 7) is 7.88. The van der Waals surface area contributed by atoms with Gasteiger partial charge in [-0.25, -0.2) is 0 Å². The number of carbonyl (C=O) groups excluding carboxylic acids is 4. The number of aryl methyl sites for hydroxylation is 1. The van der Waals surface area contributed by atoms with Crippen molar-refractivity contribution >= 4 is 45.2 Å². The van der Waals surface area contributed by atoms with Crippen LogP contribution in [0.25, 0.3) is 21.5 Å². The van der Waals surface area contributed by atoms with Gasteiger partial charge in [0.1, 0.15) is 0 Å². The van der Waals surface area contributed by atoms with Crippen LogP contribution in [0.4, 0.5) is 0 Å². The highest BCUT2D eigenvalue weighted by atomic mass is 16.5. The van der Waals surface area contributed by atoms with Crippen LogP contribution in [0.1, 0.15) is 92.9 Å². The van der Waals surface area contributed by atoms with Crippen LogP contribution in [0.3, 0.4) is 0 Å². The van der Waals surface area contributed by atoms with Crippen molar-refractivity contribution < 1.29 is 28.7 Å². The van der Waals surface area contributed by atoms with E-state index in [4.69, 9.17) is 9.47 Å². The summed E-state index contributed by atoms with van der Waals surface area (Å²) in [5.74, 6) is -1.21. The molecular formula is C38H42N2O6. The van der Waals surface area contributed by atoms with Crippen molar-refractivity contribution in [2.45, 2.75) is 52.9 Å². The molecule has 0 aromatic heterocycles. The first-order valence-corrected chi connectivity index (χ1v) is 16.3. The van der Waals surface area contributed by atoms with Crippen LogP contribution in [0.5, 0.6) is 0 Å². The van der Waals surface area contributed by atoms with E-state index in [1.807, 2.05) is 55.5 Å². The van der Waals surface area contributed by atoms with E-state index in [0.29, 0.717) is 47.3 Å². The Morgan fingerprint density at radius 1 is 0.522 bits per heavy atom. The maximum atomic E-state index is 13.1. The summed E-state index contributed by atoms with van der Waals surface area (Å²) >= 11 is 0. The first-order valence-electron chi connectivity index (χ1n) is 16.3. The standard InChI is InChI=1S/C32H28N2O6.C6H14/c1-20-12-13-22-8-4-11-25-28(22)26(20)32(38)34(31(25)37)15-19-40-17-5-16-39-18-14-33-29(35)23-9-2-6-21-7-3-10-24(27(21)23)30(33)36;1-3-5-6-4-2/h2-4,6-13H,5,14-19H2,1H3;3-6H2,1-2H3. The largest absolute Gasteiger partial charge is 0.380 e. The first-order chi connectivity index (χ1) is 22.4. The van der Waals surface area contributed by atoms with Crippen LogP contribution < -0.4 is 0 Å². The first kappa shape index (κ1) is 33.0. The van der Waals surface area contributed by atoms with Gasteiger partial charge in [-0.05, 0) is 47.9 Å². The lowest BCUT2D eigenvalue weighted by Gasteiger charge is -2.28. The lowest BCUT2D eigenvalue weighted by Crippen LogP contribution is -2.42. The molecule has 0 N–H and O–H groups in total. The maximum Gasteiger partial charge on any atom is 0.261 e. The van der Waals surface area contributed by atoms with E-state index in [-0.39, 0.29) is 49.9 Å². The molecule has 2 aliphatic heterocycles. The molecule has 8 heteroatoms. The minimum absolute atomic E-state index is 0.163. The molecule has 0 radical (unpaired) electrons. The van der Waals surface area contributed by atoms with Crippen LogP contribution in [0, 0.1) is 6.92 Å². The Balaban J connectivity index is 0.000000635. The predicted molar refractivity (Wildman–Crippen MR) is 179 cm³/mol. The van der Waals surface area contributed by atoms with E-state index in [0.717, 1.165) is 21.7 Å². The Bertz CT molecular complexity index is 1710. The Labute approximate surface area is 270 Å². The van der Waals surface area contributed by atoms with E-state index in [2.05, 4.69) is 13.8 Å². The second kappa shape index (κ2) is 15.3. The van der Waals surface area contributed by atoms with Crippen LogP contribution in [0.15, 0.2) is 66.7 Å². The van der Waals surface area contributed by atoms with Gasteiger partial charge in [0, 0.05) is 40.7 Å². The molecule has 8 nitrogen and oxygen atoms in total. The summed E-state index contributed by atoms with van der Waals surface area (Å²) in [6.07, 6.45) is 6.13. The predicted octanol–water partition coefficient (Wildman–Crippen LogP) is 7.20. The molecule has 6 rings (SSSR count). The molecule has 0 atom stereocenters. The molecule has 0 saturated carbocycles. The van der Waals surface area contributed by atoms with Gasteiger partial charge < -0.3 is 9.47 Å². The fourth-order valence-corrected chi connectivity index (χ4v) is 6.08. The van der Waals surface area contributed by atoms with Crippen LogP contribution in [-0.2, 0) is 9.47 Å². The topological polar surface area (TPSA) is 93.2 Å². The molecule has 0 bridgehead atoms. The monoisotopic (exact) mass is 622 g/mol. The van der Waals surface area contributed by atoms with Gasteiger partial charge in [-0.15, -0.1) is 0 Å². The highest BCUT2D eigenvalue weighted by Crippen LogP contribution is 2.32. The third-order valence-electron chi connectivity index (χ3n) is 8.50. The summed E-state index contributed by atoms with van der Waals surface area (Å²) in [4.78, 5) is 54.6. The van der Waals surface area contributed by atoms with Gasteiger partial charge in [0.25, 0.3) is 23.6 Å². The quantitative estimate of drug-likeness (QED) is 0.116. The Morgan fingerprint density at radius 3 is 1.48 bits per heavy atom. The number of carbonyl (C=O) groups is 4. The van der Waals surface area contributed by atoms with Gasteiger partial charge in [-0.3, -0.25) is 29.0 Å². The molecule has 0 fully saturated rings. The van der Waals surface area contributed by atoms with E-state index >= 15 is 0 Å². The second-order valence-electron chi connectivity index (χ2n) is 11.7. The molecule has 2 aliphatic rings. The SMILES string of the molecule is CCCCCC.Cc1ccc2cccc3c2c1C(=O)N(CCOCCCOCCN1C(=O)c2cccc4cccc(c24)C1=O)C3=O. The molecule has 0 unspecified atom stereocenters. The van der Waals surface area contributed by atoms with E-state index in [1.54, 1.807) is 18.2 Å². The highest BCUT2D eigenvalue weighted by Gasteiger charge is 2.34. The van der Waals surface area contributed by atoms with Crippen molar-refractivity contribution in [1.29, 1.82) is 0 Å². The van der Waals surface area contributed by atoms with Crippen molar-refractivity contribution in [3.63, 3.8) is 0 Å². The maximum absolute atomic E-state index is 13.1. The van der Waals surface area contributed by atoms with Crippen LogP contribution >= 0.6 is 0 Å². The highest BCUT2D eigenvalue weighted by molar-refractivity contribution is 6.26. The van der Waals surface area contributed by atoms with Gasteiger partial charge in [0.15, 0.2) is 0 Å². The Kier molecular flexibility index (Phi) is 10.9. The summed E-state index contributed by atoms with van der Waals surface area (Å²) in [6, 6.07) is 20.3. The molecule has 46 heavy (non-hydrogen) atoms. The molecule has 2 heterocycles. The summed E-state index contributed by atoms with van der Waals surface area (Å²) in [7, 11) is 0. The van der Waals surface area contributed by atoms with Crippen LogP contribution in [-0.4, -0.2) is 72.9 Å². The third-order valence-corrected chi connectivity index (χ3v) is 8.50. The molecule has 0 spiro atoms. The van der Waals surface area contributed by atoms with Gasteiger partial charge >= 0.3 is 0 Å². The molecule has 4 amide bonds. The summed E-state index contributed by atoms with van der Waals surface area (Å²) in [5, 5.41) is 3.19. The average molecular weight is 623 g/mol. The number of imide groups is 2. The molecule has 240 valence electrons. The third kappa shape index (κ3) is 6.73. The molecule has 4 aromatic rings. The van der Waals surface area contributed by atoms with E-state index in [9.17, 15) is 19.2 Å². The number of rotatable bonds is 13.